The number of thiol groups is 4. The number of hydrogen-bond donors (Lipinski definition) is 4. The molecule has 0 aliphatic carbocycles. The zero-order valence-corrected chi connectivity index (χ0v) is 29.5. The van der Waals surface area contributed by atoms with Gasteiger partial charge in [0.1, 0.15) is 23.0 Å². The maximum Gasteiger partial charge on any atom is 0.182 e. The average molecular weight is 721 g/mol. The molecule has 240 valence electrons. The maximum atomic E-state index is 13.9. The van der Waals surface area contributed by atoms with Gasteiger partial charge in [0, 0.05) is 21.5 Å². The molecule has 4 atom stereocenters. The van der Waals surface area contributed by atoms with E-state index in [2.05, 4.69) is 25.3 Å². The molecule has 0 spiro atoms. The Bertz CT molecular complexity index is 1700. The van der Waals surface area contributed by atoms with Gasteiger partial charge in [0.2, 0.25) is 0 Å². The number of para-hydroxylation sites is 2. The van der Waals surface area contributed by atoms with Crippen LogP contribution in [0.4, 0.5) is 0 Å². The van der Waals surface area contributed by atoms with Crippen molar-refractivity contribution < 1.29 is 26.3 Å². The minimum Gasteiger partial charge on any atom is -0.457 e. The van der Waals surface area contributed by atoms with Gasteiger partial charge >= 0.3 is 0 Å². The molecule has 6 nitrogen and oxygen atoms in total. The number of hydrogen-bond acceptors (Lipinski definition) is 10. The first kappa shape index (κ1) is 35.6. The zero-order chi connectivity index (χ0) is 32.5. The Morgan fingerprint density at radius 3 is 1.51 bits per heavy atom. The van der Waals surface area contributed by atoms with E-state index >= 15 is 0 Å². The highest BCUT2D eigenvalue weighted by molar-refractivity contribution is 7.94. The predicted molar refractivity (Wildman–Crippen MR) is 195 cm³/mol. The first-order valence-electron chi connectivity index (χ1n) is 14.3. The normalized spacial score (nSPS) is 14.7. The summed E-state index contributed by atoms with van der Waals surface area (Å²) in [5.41, 5.74) is 0. The highest BCUT2D eigenvalue weighted by Crippen LogP contribution is 2.33. The molecule has 0 saturated carbocycles. The van der Waals surface area contributed by atoms with Crippen LogP contribution in [0.2, 0.25) is 0 Å². The lowest BCUT2D eigenvalue weighted by Crippen LogP contribution is -2.39. The Morgan fingerprint density at radius 2 is 1.04 bits per heavy atom. The van der Waals surface area contributed by atoms with E-state index < -0.39 is 35.4 Å². The minimum absolute atomic E-state index is 0.116. The van der Waals surface area contributed by atoms with Crippen molar-refractivity contribution in [3.63, 3.8) is 0 Å². The van der Waals surface area contributed by atoms with E-state index in [4.69, 9.17) is 34.7 Å². The van der Waals surface area contributed by atoms with Gasteiger partial charge in [0.05, 0.1) is 20.8 Å². The van der Waals surface area contributed by atoms with E-state index in [1.54, 1.807) is 24.3 Å². The monoisotopic (exact) mass is 720 g/mol. The van der Waals surface area contributed by atoms with Gasteiger partial charge < -0.3 is 9.47 Å². The smallest absolute Gasteiger partial charge is 0.182 e. The second kappa shape index (κ2) is 16.6. The molecule has 0 amide bonds. The summed E-state index contributed by atoms with van der Waals surface area (Å²) in [6.45, 7) is 0. The maximum absolute atomic E-state index is 13.9. The molecular weight excluding hydrogens is 685 g/mol. The first-order chi connectivity index (χ1) is 21.5. The van der Waals surface area contributed by atoms with Gasteiger partial charge in [0.15, 0.2) is 19.7 Å². The fourth-order valence-electron chi connectivity index (χ4n) is 4.65. The standard InChI is InChI=1S/C33H36O6S6/c34-44(35,29-17-13-26(14-18-29)38-24-8-3-1-4-9-24)21-7-12-31(42)33(43)32(22-28(41)23-40)45(36,37)30-19-15-27(16-20-30)39-25-10-5-2-6-11-25/h1-6,8-11,13-20,28,31-33,40-43H,7,12,21-23H2. The Labute approximate surface area is 288 Å². The van der Waals surface area contributed by atoms with Crippen molar-refractivity contribution in [1.29, 1.82) is 0 Å². The van der Waals surface area contributed by atoms with Crippen LogP contribution in [0.15, 0.2) is 119 Å². The zero-order valence-electron chi connectivity index (χ0n) is 24.3. The predicted octanol–water partition coefficient (Wildman–Crippen LogP) is 7.88. The van der Waals surface area contributed by atoms with Crippen molar-refractivity contribution in [2.45, 2.75) is 50.1 Å². The fourth-order valence-corrected chi connectivity index (χ4v) is 9.67. The van der Waals surface area contributed by atoms with E-state index in [0.717, 1.165) is 0 Å². The summed E-state index contributed by atoms with van der Waals surface area (Å²) in [5.74, 6) is 2.60. The molecule has 0 fully saturated rings. The third-order valence-corrected chi connectivity index (χ3v) is 14.0. The summed E-state index contributed by atoms with van der Waals surface area (Å²) in [7, 11) is -7.44. The largest absolute Gasteiger partial charge is 0.457 e. The van der Waals surface area contributed by atoms with Crippen LogP contribution in [0.1, 0.15) is 19.3 Å². The second-order valence-electron chi connectivity index (χ2n) is 10.4. The first-order valence-corrected chi connectivity index (χ1v) is 19.7. The molecular formula is C33H36O6S6. The molecule has 0 aliphatic rings. The van der Waals surface area contributed by atoms with Crippen molar-refractivity contribution >= 4 is 70.2 Å². The van der Waals surface area contributed by atoms with Crippen LogP contribution < -0.4 is 9.47 Å². The summed E-state index contributed by atoms with van der Waals surface area (Å²) in [6.07, 6.45) is 0.836. The fraction of sp³-hybridized carbons (Fsp3) is 0.273. The summed E-state index contributed by atoms with van der Waals surface area (Å²) < 4.78 is 65.4. The molecule has 4 rings (SSSR count). The molecule has 45 heavy (non-hydrogen) atoms. The topological polar surface area (TPSA) is 86.7 Å². The van der Waals surface area contributed by atoms with Crippen LogP contribution >= 0.6 is 50.5 Å². The summed E-state index contributed by atoms with van der Waals surface area (Å²) >= 11 is 18.2. The van der Waals surface area contributed by atoms with Crippen LogP contribution in [-0.2, 0) is 19.7 Å². The van der Waals surface area contributed by atoms with E-state index in [0.29, 0.717) is 35.2 Å². The molecule has 0 aliphatic heterocycles. The lowest BCUT2D eigenvalue weighted by molar-refractivity contribution is 0.481. The number of benzene rings is 4. The summed E-state index contributed by atoms with van der Waals surface area (Å²) in [6, 6.07) is 31.0. The van der Waals surface area contributed by atoms with Crippen molar-refractivity contribution in [3.05, 3.63) is 109 Å². The van der Waals surface area contributed by atoms with Crippen molar-refractivity contribution in [2.75, 3.05) is 11.5 Å². The molecule has 0 N–H and O–H groups in total. The van der Waals surface area contributed by atoms with Crippen LogP contribution in [-0.4, -0.2) is 49.3 Å². The van der Waals surface area contributed by atoms with E-state index in [1.807, 2.05) is 60.7 Å². The highest BCUT2D eigenvalue weighted by Gasteiger charge is 2.37. The van der Waals surface area contributed by atoms with Gasteiger partial charge in [-0.05, 0) is 92.1 Å². The van der Waals surface area contributed by atoms with Crippen molar-refractivity contribution in [3.8, 4) is 23.0 Å². The van der Waals surface area contributed by atoms with Crippen molar-refractivity contribution in [1.82, 2.24) is 0 Å². The minimum atomic E-state index is -3.86. The molecule has 4 aromatic carbocycles. The van der Waals surface area contributed by atoms with Gasteiger partial charge in [-0.2, -0.15) is 50.5 Å². The summed E-state index contributed by atoms with van der Waals surface area (Å²) in [5, 5.41) is -2.40. The van der Waals surface area contributed by atoms with Gasteiger partial charge in [-0.15, -0.1) is 0 Å². The van der Waals surface area contributed by atoms with Gasteiger partial charge in [-0.3, -0.25) is 0 Å². The van der Waals surface area contributed by atoms with Gasteiger partial charge in [0.25, 0.3) is 0 Å². The number of rotatable bonds is 16. The van der Waals surface area contributed by atoms with Crippen LogP contribution in [0.5, 0.6) is 23.0 Å². The molecule has 0 radical (unpaired) electrons. The van der Waals surface area contributed by atoms with Crippen LogP contribution in [0.25, 0.3) is 0 Å². The van der Waals surface area contributed by atoms with Crippen LogP contribution in [0, 0.1) is 0 Å². The Morgan fingerprint density at radius 1 is 0.600 bits per heavy atom. The number of sulfone groups is 2. The van der Waals surface area contributed by atoms with E-state index in [9.17, 15) is 16.8 Å². The quantitative estimate of drug-likeness (QED) is 0.0882. The van der Waals surface area contributed by atoms with E-state index in [1.165, 1.54) is 24.3 Å². The molecule has 0 bridgehead atoms. The lowest BCUT2D eigenvalue weighted by atomic mass is 10.1. The molecule has 12 heteroatoms. The third kappa shape index (κ3) is 10.1. The van der Waals surface area contributed by atoms with Crippen molar-refractivity contribution in [2.24, 2.45) is 0 Å². The van der Waals surface area contributed by atoms with E-state index in [-0.39, 0.29) is 33.6 Å². The molecule has 0 heterocycles. The highest BCUT2D eigenvalue weighted by atomic mass is 32.2. The Balaban J connectivity index is 1.39. The molecule has 4 unspecified atom stereocenters. The van der Waals surface area contributed by atoms with Gasteiger partial charge in [-0.1, -0.05) is 36.4 Å². The number of ether oxygens (including phenoxy) is 2. The lowest BCUT2D eigenvalue weighted by Gasteiger charge is -2.29. The average Bonchev–Trinajstić information content (AvgIpc) is 3.04. The molecule has 4 aromatic rings. The molecule has 0 saturated heterocycles. The SMILES string of the molecule is O=S(=O)(CCCC(S)C(S)C(CC(S)CS)S(=O)(=O)c1ccc(Oc2ccccc2)cc1)c1ccc(Oc2ccccc2)cc1. The van der Waals surface area contributed by atoms with Gasteiger partial charge in [-0.25, -0.2) is 16.8 Å². The molecule has 0 aromatic heterocycles. The Hall–Kier alpha value is -2.22. The third-order valence-electron chi connectivity index (χ3n) is 7.09. The Kier molecular flexibility index (Phi) is 13.1. The second-order valence-corrected chi connectivity index (χ2v) is 17.1. The van der Waals surface area contributed by atoms with Crippen LogP contribution in [0.3, 0.4) is 0 Å². The summed E-state index contributed by atoms with van der Waals surface area (Å²) in [4.78, 5) is 0.322.